The molecule has 0 spiro atoms. The van der Waals surface area contributed by atoms with Crippen molar-refractivity contribution < 1.29 is 14.3 Å². The minimum atomic E-state index is -0.0911. The van der Waals surface area contributed by atoms with Crippen molar-refractivity contribution in [3.8, 4) is 0 Å². The third-order valence-electron chi connectivity index (χ3n) is 3.83. The van der Waals surface area contributed by atoms with Gasteiger partial charge >= 0.3 is 0 Å². The molecule has 4 nitrogen and oxygen atoms in total. The number of epoxide rings is 1. The molecule has 3 fully saturated rings. The third-order valence-corrected chi connectivity index (χ3v) is 4.39. The van der Waals surface area contributed by atoms with Gasteiger partial charge in [-0.1, -0.05) is 15.9 Å². The Kier molecular flexibility index (Phi) is 2.55. The summed E-state index contributed by atoms with van der Waals surface area (Å²) in [6, 6.07) is 0. The molecule has 2 aliphatic heterocycles. The number of amides is 2. The fraction of sp³-hybridized carbons (Fsp3) is 0.818. The number of hydrogen-bond donors (Lipinski definition) is 0. The maximum Gasteiger partial charge on any atom is 0.233 e. The second-order valence-electron chi connectivity index (χ2n) is 4.77. The third kappa shape index (κ3) is 1.52. The highest BCUT2D eigenvalue weighted by molar-refractivity contribution is 9.09. The molecule has 2 heterocycles. The van der Waals surface area contributed by atoms with Gasteiger partial charge in [0.25, 0.3) is 0 Å². The Labute approximate surface area is 102 Å². The summed E-state index contributed by atoms with van der Waals surface area (Å²) < 4.78 is 5.40. The molecule has 2 amide bonds. The average molecular weight is 288 g/mol. The lowest BCUT2D eigenvalue weighted by Gasteiger charge is -2.16. The second-order valence-corrected chi connectivity index (χ2v) is 5.56. The van der Waals surface area contributed by atoms with Crippen molar-refractivity contribution >= 4 is 27.7 Å². The van der Waals surface area contributed by atoms with Crippen molar-refractivity contribution in [2.75, 3.05) is 11.9 Å². The molecule has 3 rings (SSSR count). The summed E-state index contributed by atoms with van der Waals surface area (Å²) in [6.45, 7) is 0.562. The van der Waals surface area contributed by atoms with Crippen molar-refractivity contribution in [1.29, 1.82) is 0 Å². The van der Waals surface area contributed by atoms with E-state index in [2.05, 4.69) is 15.9 Å². The number of carbonyl (C=O) groups is 2. The van der Waals surface area contributed by atoms with E-state index in [1.807, 2.05) is 0 Å². The molecule has 0 bridgehead atoms. The Bertz CT molecular complexity index is 318. The molecule has 88 valence electrons. The smallest absolute Gasteiger partial charge is 0.233 e. The maximum absolute atomic E-state index is 12.1. The van der Waals surface area contributed by atoms with Gasteiger partial charge in [-0.3, -0.25) is 14.5 Å². The first kappa shape index (κ1) is 10.7. The molecule has 0 aromatic heterocycles. The molecule has 3 aliphatic rings. The van der Waals surface area contributed by atoms with Gasteiger partial charge in [0.15, 0.2) is 0 Å². The van der Waals surface area contributed by atoms with Crippen LogP contribution in [-0.4, -0.2) is 40.8 Å². The van der Waals surface area contributed by atoms with E-state index in [-0.39, 0.29) is 35.9 Å². The largest absolute Gasteiger partial charge is 0.370 e. The van der Waals surface area contributed by atoms with Gasteiger partial charge in [-0.05, 0) is 19.3 Å². The van der Waals surface area contributed by atoms with Gasteiger partial charge in [0, 0.05) is 11.9 Å². The molecule has 2 saturated heterocycles. The first-order chi connectivity index (χ1) is 7.72. The number of likely N-dealkylation sites (tertiary alicyclic amines) is 1. The fourth-order valence-electron chi connectivity index (χ4n) is 2.92. The lowest BCUT2D eigenvalue weighted by atomic mass is 9.81. The first-order valence-electron chi connectivity index (χ1n) is 5.79. The maximum atomic E-state index is 12.1. The second kappa shape index (κ2) is 3.81. The zero-order valence-corrected chi connectivity index (χ0v) is 10.5. The van der Waals surface area contributed by atoms with Crippen LogP contribution in [0.15, 0.2) is 0 Å². The molecule has 1 aliphatic carbocycles. The number of nitrogens with zero attached hydrogens (tertiary/aromatic N) is 1. The quantitative estimate of drug-likeness (QED) is 0.441. The fourth-order valence-corrected chi connectivity index (χ4v) is 3.17. The number of alkyl halides is 1. The number of ether oxygens (including phenoxy) is 1. The van der Waals surface area contributed by atoms with E-state index in [4.69, 9.17) is 4.74 Å². The predicted molar refractivity (Wildman–Crippen MR) is 60.0 cm³/mol. The molecule has 5 heteroatoms. The van der Waals surface area contributed by atoms with Crippen molar-refractivity contribution in [3.05, 3.63) is 0 Å². The van der Waals surface area contributed by atoms with E-state index >= 15 is 0 Å². The Hall–Kier alpha value is -0.420. The number of halogens is 1. The van der Waals surface area contributed by atoms with Crippen LogP contribution in [0, 0.1) is 11.8 Å². The van der Waals surface area contributed by atoms with Crippen LogP contribution in [0.1, 0.15) is 19.3 Å². The van der Waals surface area contributed by atoms with Crippen LogP contribution in [0.4, 0.5) is 0 Å². The Morgan fingerprint density at radius 1 is 1.19 bits per heavy atom. The number of fused-ring (bicyclic) bond motifs is 2. The SMILES string of the molecule is O=C1C2CC3OC3CC2C(=O)N1CCCBr. The summed E-state index contributed by atoms with van der Waals surface area (Å²) in [5, 5.41) is 0.827. The lowest BCUT2D eigenvalue weighted by molar-refractivity contribution is -0.140. The number of imide groups is 1. The highest BCUT2D eigenvalue weighted by Crippen LogP contribution is 2.46. The van der Waals surface area contributed by atoms with Crippen LogP contribution in [0.3, 0.4) is 0 Å². The van der Waals surface area contributed by atoms with Crippen LogP contribution in [0.25, 0.3) is 0 Å². The number of carbonyl (C=O) groups excluding carboxylic acids is 2. The predicted octanol–water partition coefficient (Wildman–Crippen LogP) is 0.934. The van der Waals surface area contributed by atoms with Crippen LogP contribution >= 0.6 is 15.9 Å². The van der Waals surface area contributed by atoms with Gasteiger partial charge in [0.05, 0.1) is 24.0 Å². The van der Waals surface area contributed by atoms with Crippen molar-refractivity contribution in [2.45, 2.75) is 31.5 Å². The monoisotopic (exact) mass is 287 g/mol. The van der Waals surface area contributed by atoms with Crippen LogP contribution in [0.5, 0.6) is 0 Å². The molecule has 0 aromatic carbocycles. The molecule has 16 heavy (non-hydrogen) atoms. The number of hydrogen-bond acceptors (Lipinski definition) is 3. The van der Waals surface area contributed by atoms with Crippen molar-refractivity contribution in [3.63, 3.8) is 0 Å². The minimum absolute atomic E-state index is 0.0323. The van der Waals surface area contributed by atoms with Gasteiger partial charge in [0.2, 0.25) is 11.8 Å². The van der Waals surface area contributed by atoms with E-state index in [0.717, 1.165) is 24.6 Å². The van der Waals surface area contributed by atoms with Crippen LogP contribution < -0.4 is 0 Å². The molecule has 0 radical (unpaired) electrons. The van der Waals surface area contributed by atoms with E-state index < -0.39 is 0 Å². The van der Waals surface area contributed by atoms with Gasteiger partial charge in [-0.15, -0.1) is 0 Å². The molecular weight excluding hydrogens is 274 g/mol. The Morgan fingerprint density at radius 2 is 1.75 bits per heavy atom. The Morgan fingerprint density at radius 3 is 2.25 bits per heavy atom. The highest BCUT2D eigenvalue weighted by Gasteiger charge is 2.58. The summed E-state index contributed by atoms with van der Waals surface area (Å²) in [5.41, 5.74) is 0. The number of rotatable bonds is 3. The van der Waals surface area contributed by atoms with E-state index in [1.165, 1.54) is 4.90 Å². The van der Waals surface area contributed by atoms with Gasteiger partial charge < -0.3 is 4.74 Å². The molecule has 1 saturated carbocycles. The normalized spacial score (nSPS) is 40.9. The average Bonchev–Trinajstić information content (AvgIpc) is 3.00. The van der Waals surface area contributed by atoms with Gasteiger partial charge in [-0.2, -0.15) is 0 Å². The van der Waals surface area contributed by atoms with Crippen molar-refractivity contribution in [1.82, 2.24) is 4.90 Å². The molecule has 4 atom stereocenters. The van der Waals surface area contributed by atoms with Crippen LogP contribution in [-0.2, 0) is 14.3 Å². The first-order valence-corrected chi connectivity index (χ1v) is 6.91. The van der Waals surface area contributed by atoms with Crippen LogP contribution in [0.2, 0.25) is 0 Å². The van der Waals surface area contributed by atoms with Gasteiger partial charge in [-0.25, -0.2) is 0 Å². The minimum Gasteiger partial charge on any atom is -0.370 e. The summed E-state index contributed by atoms with van der Waals surface area (Å²) in [7, 11) is 0. The summed E-state index contributed by atoms with van der Waals surface area (Å²) >= 11 is 3.32. The molecule has 4 unspecified atom stereocenters. The summed E-state index contributed by atoms with van der Waals surface area (Å²) in [5.74, 6) is -0.118. The zero-order chi connectivity index (χ0) is 11.3. The van der Waals surface area contributed by atoms with E-state index in [0.29, 0.717) is 6.54 Å². The van der Waals surface area contributed by atoms with Gasteiger partial charge in [0.1, 0.15) is 0 Å². The zero-order valence-electron chi connectivity index (χ0n) is 8.89. The lowest BCUT2D eigenvalue weighted by Crippen LogP contribution is -2.32. The standard InChI is InChI=1S/C11H14BrNO3/c12-2-1-3-13-10(14)6-4-8-9(16-8)5-7(6)11(13)15/h6-9H,1-5H2. The van der Waals surface area contributed by atoms with Crippen molar-refractivity contribution in [2.24, 2.45) is 11.8 Å². The molecule has 0 aromatic rings. The van der Waals surface area contributed by atoms with E-state index in [1.54, 1.807) is 0 Å². The molecule has 0 N–H and O–H groups in total. The molecular formula is C11H14BrNO3. The highest BCUT2D eigenvalue weighted by atomic mass is 79.9. The van der Waals surface area contributed by atoms with E-state index in [9.17, 15) is 9.59 Å². The Balaban J connectivity index is 1.74. The summed E-state index contributed by atoms with van der Waals surface area (Å²) in [6.07, 6.45) is 2.86. The summed E-state index contributed by atoms with van der Waals surface area (Å²) in [4.78, 5) is 25.6. The topological polar surface area (TPSA) is 49.9 Å².